The molecule has 1 fully saturated rings. The normalized spacial score (nSPS) is 19.4. The molecule has 1 unspecified atom stereocenters. The van der Waals surface area contributed by atoms with E-state index < -0.39 is 6.04 Å². The van der Waals surface area contributed by atoms with E-state index in [1.54, 1.807) is 13.0 Å². The van der Waals surface area contributed by atoms with Gasteiger partial charge in [-0.05, 0) is 19.8 Å². The number of nitrogens with zero attached hydrogens (tertiary/aromatic N) is 2. The molecule has 1 amide bonds. The van der Waals surface area contributed by atoms with Crippen LogP contribution in [-0.2, 0) is 9.53 Å². The summed E-state index contributed by atoms with van der Waals surface area (Å²) in [6, 6.07) is 1.07. The third-order valence-corrected chi connectivity index (χ3v) is 2.83. The number of aryl methyl sites for hydroxylation is 1. The van der Waals surface area contributed by atoms with Crippen LogP contribution in [0.15, 0.2) is 10.6 Å². The van der Waals surface area contributed by atoms with Gasteiger partial charge in [0.25, 0.3) is 5.91 Å². The molecule has 92 valence electrons. The van der Waals surface area contributed by atoms with E-state index in [2.05, 4.69) is 9.89 Å². The Morgan fingerprint density at radius 2 is 2.35 bits per heavy atom. The van der Waals surface area contributed by atoms with Gasteiger partial charge in [0.05, 0.1) is 7.11 Å². The Balaban J connectivity index is 2.16. The standard InChI is InChI=1S/C11H14N2O4/c1-7-6-8(12-17-7)10(14)13-5-3-4-9(13)11(15)16-2/h6,9H,3-5H2,1-2H3. The summed E-state index contributed by atoms with van der Waals surface area (Å²) in [7, 11) is 1.32. The molecule has 0 saturated carbocycles. The highest BCUT2D eigenvalue weighted by Gasteiger charge is 2.36. The Bertz CT molecular complexity index is 440. The molecule has 1 atom stereocenters. The van der Waals surface area contributed by atoms with Crippen molar-refractivity contribution >= 4 is 11.9 Å². The summed E-state index contributed by atoms with van der Waals surface area (Å²) in [4.78, 5) is 25.1. The minimum Gasteiger partial charge on any atom is -0.467 e. The molecule has 1 aromatic heterocycles. The van der Waals surface area contributed by atoms with Gasteiger partial charge in [-0.1, -0.05) is 5.16 Å². The minimum absolute atomic E-state index is 0.235. The molecule has 17 heavy (non-hydrogen) atoms. The number of methoxy groups -OCH3 is 1. The van der Waals surface area contributed by atoms with Crippen LogP contribution in [0, 0.1) is 6.92 Å². The smallest absolute Gasteiger partial charge is 0.328 e. The van der Waals surface area contributed by atoms with Crippen LogP contribution >= 0.6 is 0 Å². The Hall–Kier alpha value is -1.85. The predicted octanol–water partition coefficient (Wildman–Crippen LogP) is 0.761. The molecular weight excluding hydrogens is 224 g/mol. The maximum Gasteiger partial charge on any atom is 0.328 e. The lowest BCUT2D eigenvalue weighted by Gasteiger charge is -2.21. The highest BCUT2D eigenvalue weighted by Crippen LogP contribution is 2.20. The van der Waals surface area contributed by atoms with Crippen molar-refractivity contribution < 1.29 is 18.8 Å². The van der Waals surface area contributed by atoms with Crippen LogP contribution in [0.1, 0.15) is 29.1 Å². The quantitative estimate of drug-likeness (QED) is 0.711. The SMILES string of the molecule is COC(=O)C1CCCN1C(=O)c1cc(C)on1. The molecular formula is C11H14N2O4. The van der Waals surface area contributed by atoms with Gasteiger partial charge >= 0.3 is 5.97 Å². The largest absolute Gasteiger partial charge is 0.467 e. The van der Waals surface area contributed by atoms with E-state index in [9.17, 15) is 9.59 Å². The average Bonchev–Trinajstić information content (AvgIpc) is 2.95. The predicted molar refractivity (Wildman–Crippen MR) is 57.3 cm³/mol. The number of esters is 1. The van der Waals surface area contributed by atoms with Crippen molar-refractivity contribution in [2.75, 3.05) is 13.7 Å². The van der Waals surface area contributed by atoms with Crippen molar-refractivity contribution in [3.63, 3.8) is 0 Å². The van der Waals surface area contributed by atoms with E-state index in [0.717, 1.165) is 6.42 Å². The second-order valence-corrected chi connectivity index (χ2v) is 4.00. The topological polar surface area (TPSA) is 72.6 Å². The second-order valence-electron chi connectivity index (χ2n) is 4.00. The number of amides is 1. The van der Waals surface area contributed by atoms with E-state index in [4.69, 9.17) is 4.52 Å². The molecule has 0 radical (unpaired) electrons. The number of hydrogen-bond donors (Lipinski definition) is 0. The molecule has 0 N–H and O–H groups in total. The van der Waals surface area contributed by atoms with Crippen LogP contribution < -0.4 is 0 Å². The third kappa shape index (κ3) is 2.15. The van der Waals surface area contributed by atoms with Gasteiger partial charge in [0, 0.05) is 12.6 Å². The Morgan fingerprint density at radius 1 is 1.59 bits per heavy atom. The van der Waals surface area contributed by atoms with Gasteiger partial charge in [0.15, 0.2) is 5.69 Å². The zero-order valence-electron chi connectivity index (χ0n) is 9.80. The van der Waals surface area contributed by atoms with Crippen molar-refractivity contribution in [2.45, 2.75) is 25.8 Å². The molecule has 2 heterocycles. The van der Waals surface area contributed by atoms with Crippen LogP contribution in [0.2, 0.25) is 0 Å². The summed E-state index contributed by atoms with van der Waals surface area (Å²) >= 11 is 0. The van der Waals surface area contributed by atoms with Crippen LogP contribution in [0.3, 0.4) is 0 Å². The summed E-state index contributed by atoms with van der Waals surface area (Å²) in [5.74, 6) is -0.0898. The molecule has 0 aromatic carbocycles. The summed E-state index contributed by atoms with van der Waals surface area (Å²) in [5, 5.41) is 3.66. The fraction of sp³-hybridized carbons (Fsp3) is 0.545. The lowest BCUT2D eigenvalue weighted by Crippen LogP contribution is -2.41. The first kappa shape index (κ1) is 11.6. The van der Waals surface area contributed by atoms with Crippen LogP contribution in [-0.4, -0.2) is 41.6 Å². The Morgan fingerprint density at radius 3 is 2.94 bits per heavy atom. The lowest BCUT2D eigenvalue weighted by atomic mass is 10.2. The van der Waals surface area contributed by atoms with E-state index >= 15 is 0 Å². The van der Waals surface area contributed by atoms with Gasteiger partial charge in [-0.2, -0.15) is 0 Å². The van der Waals surface area contributed by atoms with Crippen molar-refractivity contribution in [1.29, 1.82) is 0 Å². The van der Waals surface area contributed by atoms with Gasteiger partial charge < -0.3 is 14.2 Å². The summed E-state index contributed by atoms with van der Waals surface area (Å²) in [6.07, 6.45) is 1.43. The molecule has 6 heteroatoms. The molecule has 1 aliphatic heterocycles. The summed E-state index contributed by atoms with van der Waals surface area (Å²) in [6.45, 7) is 2.26. The first-order chi connectivity index (χ1) is 8.13. The molecule has 6 nitrogen and oxygen atoms in total. The van der Waals surface area contributed by atoms with Crippen molar-refractivity contribution in [1.82, 2.24) is 10.1 Å². The minimum atomic E-state index is -0.496. The molecule has 1 aromatic rings. The highest BCUT2D eigenvalue weighted by molar-refractivity contribution is 5.95. The highest BCUT2D eigenvalue weighted by atomic mass is 16.5. The summed E-state index contributed by atoms with van der Waals surface area (Å²) < 4.78 is 9.53. The van der Waals surface area contributed by atoms with E-state index in [1.807, 2.05) is 0 Å². The number of hydrogen-bond acceptors (Lipinski definition) is 5. The van der Waals surface area contributed by atoms with E-state index in [0.29, 0.717) is 18.7 Å². The molecule has 2 rings (SSSR count). The average molecular weight is 238 g/mol. The van der Waals surface area contributed by atoms with Gasteiger partial charge in [-0.25, -0.2) is 4.79 Å². The van der Waals surface area contributed by atoms with Gasteiger partial charge in [-0.3, -0.25) is 4.79 Å². The Kier molecular flexibility index (Phi) is 3.12. The first-order valence-corrected chi connectivity index (χ1v) is 5.45. The fourth-order valence-corrected chi connectivity index (χ4v) is 2.01. The maximum absolute atomic E-state index is 12.1. The van der Waals surface area contributed by atoms with Crippen LogP contribution in [0.25, 0.3) is 0 Å². The number of ether oxygens (including phenoxy) is 1. The molecule has 1 aliphatic rings. The monoisotopic (exact) mass is 238 g/mol. The zero-order valence-corrected chi connectivity index (χ0v) is 9.80. The molecule has 0 bridgehead atoms. The lowest BCUT2D eigenvalue weighted by molar-refractivity contribution is -0.145. The number of carbonyl (C=O) groups is 2. The molecule has 0 spiro atoms. The molecule has 0 aliphatic carbocycles. The number of aromatic nitrogens is 1. The fourth-order valence-electron chi connectivity index (χ4n) is 2.01. The number of rotatable bonds is 2. The molecule has 1 saturated heterocycles. The van der Waals surface area contributed by atoms with Crippen molar-refractivity contribution in [3.05, 3.63) is 17.5 Å². The van der Waals surface area contributed by atoms with Gasteiger partial charge in [0.1, 0.15) is 11.8 Å². The van der Waals surface area contributed by atoms with E-state index in [-0.39, 0.29) is 17.6 Å². The third-order valence-electron chi connectivity index (χ3n) is 2.83. The maximum atomic E-state index is 12.1. The van der Waals surface area contributed by atoms with Gasteiger partial charge in [-0.15, -0.1) is 0 Å². The summed E-state index contributed by atoms with van der Waals surface area (Å²) in [5.41, 5.74) is 0.235. The van der Waals surface area contributed by atoms with Crippen LogP contribution in [0.5, 0.6) is 0 Å². The number of likely N-dealkylation sites (tertiary alicyclic amines) is 1. The van der Waals surface area contributed by atoms with Crippen molar-refractivity contribution in [2.24, 2.45) is 0 Å². The second kappa shape index (κ2) is 4.57. The number of carbonyl (C=O) groups excluding carboxylic acids is 2. The van der Waals surface area contributed by atoms with Crippen LogP contribution in [0.4, 0.5) is 0 Å². The zero-order chi connectivity index (χ0) is 12.4. The first-order valence-electron chi connectivity index (χ1n) is 5.45. The van der Waals surface area contributed by atoms with E-state index in [1.165, 1.54) is 12.0 Å². The van der Waals surface area contributed by atoms with Gasteiger partial charge in [0.2, 0.25) is 0 Å². The Labute approximate surface area is 98.5 Å². The van der Waals surface area contributed by atoms with Crippen molar-refractivity contribution in [3.8, 4) is 0 Å².